The Balaban J connectivity index is 2.74. The fraction of sp³-hybridized carbons (Fsp3) is 0.222. The molecule has 0 radical (unpaired) electrons. The van der Waals surface area contributed by atoms with Crippen LogP contribution in [0.4, 0.5) is 4.39 Å². The molecule has 13 heavy (non-hydrogen) atoms. The first kappa shape index (κ1) is 8.97. The normalized spacial score (nSPS) is 14.8. The van der Waals surface area contributed by atoms with Gasteiger partial charge in [0.05, 0.1) is 10.0 Å². The summed E-state index contributed by atoms with van der Waals surface area (Å²) in [6.45, 7) is 0. The second kappa shape index (κ2) is 2.96. The smallest absolute Gasteiger partial charge is 0.163 e. The zero-order valence-electron chi connectivity index (χ0n) is 6.53. The molecule has 1 aliphatic carbocycles. The van der Waals surface area contributed by atoms with E-state index in [1.807, 2.05) is 0 Å². The van der Waals surface area contributed by atoms with Crippen LogP contribution in [0.1, 0.15) is 22.3 Å². The van der Waals surface area contributed by atoms with Crippen molar-refractivity contribution in [2.45, 2.75) is 12.8 Å². The Bertz CT molecular complexity index is 401. The topological polar surface area (TPSA) is 17.1 Å². The first-order valence-corrected chi connectivity index (χ1v) is 4.56. The molecule has 0 atom stereocenters. The van der Waals surface area contributed by atoms with Crippen molar-refractivity contribution >= 4 is 29.0 Å². The number of fused-ring (bicyclic) bond motifs is 1. The number of Topliss-reactive ketones (excluding diaryl/α,β-unsaturated/α-hetero) is 1. The van der Waals surface area contributed by atoms with E-state index in [-0.39, 0.29) is 15.8 Å². The Kier molecular flexibility index (Phi) is 2.05. The van der Waals surface area contributed by atoms with Gasteiger partial charge in [-0.1, -0.05) is 23.2 Å². The molecule has 0 bridgehead atoms. The van der Waals surface area contributed by atoms with E-state index in [0.717, 1.165) is 0 Å². The summed E-state index contributed by atoms with van der Waals surface area (Å²) >= 11 is 11.4. The molecule has 0 aliphatic heterocycles. The molecule has 0 unspecified atom stereocenters. The van der Waals surface area contributed by atoms with Crippen molar-refractivity contribution in [3.8, 4) is 0 Å². The summed E-state index contributed by atoms with van der Waals surface area (Å²) in [5.74, 6) is -0.687. The molecule has 0 aromatic heterocycles. The third kappa shape index (κ3) is 1.25. The Hall–Kier alpha value is -0.600. The zero-order chi connectivity index (χ0) is 9.59. The molecule has 0 N–H and O–H groups in total. The number of ketones is 1. The van der Waals surface area contributed by atoms with Crippen LogP contribution in [0, 0.1) is 5.82 Å². The minimum absolute atomic E-state index is 0.0625. The summed E-state index contributed by atoms with van der Waals surface area (Å²) in [4.78, 5) is 11.2. The molecule has 1 aromatic rings. The van der Waals surface area contributed by atoms with Gasteiger partial charge in [-0.3, -0.25) is 4.79 Å². The van der Waals surface area contributed by atoms with E-state index in [9.17, 15) is 9.18 Å². The monoisotopic (exact) mass is 218 g/mol. The average Bonchev–Trinajstić information content (AvgIpc) is 2.45. The molecule has 2 rings (SSSR count). The van der Waals surface area contributed by atoms with E-state index in [1.54, 1.807) is 0 Å². The lowest BCUT2D eigenvalue weighted by molar-refractivity contribution is 0.0994. The lowest BCUT2D eigenvalue weighted by Gasteiger charge is -2.03. The average molecular weight is 219 g/mol. The van der Waals surface area contributed by atoms with Crippen LogP contribution in [-0.4, -0.2) is 5.78 Å². The van der Waals surface area contributed by atoms with Crippen molar-refractivity contribution in [2.24, 2.45) is 0 Å². The summed E-state index contributed by atoms with van der Waals surface area (Å²) in [6, 6.07) is 1.17. The van der Waals surface area contributed by atoms with Gasteiger partial charge >= 0.3 is 0 Å². The predicted molar refractivity (Wildman–Crippen MR) is 49.1 cm³/mol. The van der Waals surface area contributed by atoms with E-state index in [4.69, 9.17) is 23.2 Å². The van der Waals surface area contributed by atoms with Gasteiger partial charge in [0.1, 0.15) is 5.82 Å². The summed E-state index contributed by atoms with van der Waals surface area (Å²) < 4.78 is 13.0. The second-order valence-electron chi connectivity index (χ2n) is 2.94. The van der Waals surface area contributed by atoms with Crippen LogP contribution in [0.5, 0.6) is 0 Å². The predicted octanol–water partition coefficient (Wildman–Crippen LogP) is 3.26. The number of benzene rings is 1. The van der Waals surface area contributed by atoms with Crippen molar-refractivity contribution in [3.05, 3.63) is 33.1 Å². The molecule has 0 saturated carbocycles. The van der Waals surface area contributed by atoms with Gasteiger partial charge in [0.2, 0.25) is 0 Å². The lowest BCUT2D eigenvalue weighted by Crippen LogP contribution is -1.94. The number of hydrogen-bond donors (Lipinski definition) is 0. The zero-order valence-corrected chi connectivity index (χ0v) is 8.05. The summed E-state index contributed by atoms with van der Waals surface area (Å²) in [5.41, 5.74) is 1.06. The number of halogens is 3. The second-order valence-corrected chi connectivity index (χ2v) is 3.69. The number of hydrogen-bond acceptors (Lipinski definition) is 1. The molecule has 68 valence electrons. The standard InChI is InChI=1S/C9H5Cl2FO/c10-8-4-1-2-7(13)5(4)3-6(12)9(8)11/h3H,1-2H2. The Morgan fingerprint density at radius 1 is 1.23 bits per heavy atom. The molecule has 0 fully saturated rings. The maximum atomic E-state index is 13.0. The molecular formula is C9H5Cl2FO. The largest absolute Gasteiger partial charge is 0.294 e. The van der Waals surface area contributed by atoms with Gasteiger partial charge in [-0.2, -0.15) is 0 Å². The minimum atomic E-state index is -0.624. The Labute approximate surface area is 84.5 Å². The maximum Gasteiger partial charge on any atom is 0.163 e. The first-order valence-electron chi connectivity index (χ1n) is 3.81. The highest BCUT2D eigenvalue weighted by molar-refractivity contribution is 6.43. The lowest BCUT2D eigenvalue weighted by atomic mass is 10.1. The van der Waals surface area contributed by atoms with Crippen molar-refractivity contribution in [3.63, 3.8) is 0 Å². The number of carbonyl (C=O) groups is 1. The van der Waals surface area contributed by atoms with Gasteiger partial charge in [-0.05, 0) is 18.1 Å². The van der Waals surface area contributed by atoms with Gasteiger partial charge in [0.25, 0.3) is 0 Å². The van der Waals surface area contributed by atoms with Crippen LogP contribution in [0.25, 0.3) is 0 Å². The highest BCUT2D eigenvalue weighted by Crippen LogP contribution is 2.35. The number of rotatable bonds is 0. The summed E-state index contributed by atoms with van der Waals surface area (Å²) in [7, 11) is 0. The molecule has 0 saturated heterocycles. The van der Waals surface area contributed by atoms with Crippen molar-refractivity contribution in [1.82, 2.24) is 0 Å². The van der Waals surface area contributed by atoms with Gasteiger partial charge in [-0.15, -0.1) is 0 Å². The van der Waals surface area contributed by atoms with E-state index in [1.165, 1.54) is 6.07 Å². The van der Waals surface area contributed by atoms with E-state index in [0.29, 0.717) is 24.0 Å². The Morgan fingerprint density at radius 3 is 2.62 bits per heavy atom. The Morgan fingerprint density at radius 2 is 1.92 bits per heavy atom. The molecule has 0 spiro atoms. The van der Waals surface area contributed by atoms with Crippen molar-refractivity contribution in [1.29, 1.82) is 0 Å². The molecule has 1 nitrogen and oxygen atoms in total. The van der Waals surface area contributed by atoms with Gasteiger partial charge in [0, 0.05) is 12.0 Å². The molecule has 0 heterocycles. The summed E-state index contributed by atoms with van der Waals surface area (Å²) in [6.07, 6.45) is 0.960. The maximum absolute atomic E-state index is 13.0. The third-order valence-electron chi connectivity index (χ3n) is 2.17. The molecule has 0 amide bonds. The van der Waals surface area contributed by atoms with Crippen LogP contribution in [0.15, 0.2) is 6.07 Å². The summed E-state index contributed by atoms with van der Waals surface area (Å²) in [5, 5.41) is 0.0950. The SMILES string of the molecule is O=C1CCc2c1cc(F)c(Cl)c2Cl. The minimum Gasteiger partial charge on any atom is -0.294 e. The fourth-order valence-corrected chi connectivity index (χ4v) is 1.95. The van der Waals surface area contributed by atoms with Crippen LogP contribution >= 0.6 is 23.2 Å². The molecule has 1 aromatic carbocycles. The van der Waals surface area contributed by atoms with Crippen molar-refractivity contribution in [2.75, 3.05) is 0 Å². The number of carbonyl (C=O) groups excluding carboxylic acids is 1. The van der Waals surface area contributed by atoms with Crippen LogP contribution < -0.4 is 0 Å². The van der Waals surface area contributed by atoms with Crippen molar-refractivity contribution < 1.29 is 9.18 Å². The van der Waals surface area contributed by atoms with E-state index in [2.05, 4.69) is 0 Å². The highest BCUT2D eigenvalue weighted by Gasteiger charge is 2.25. The quantitative estimate of drug-likeness (QED) is 0.612. The fourth-order valence-electron chi connectivity index (χ4n) is 1.50. The van der Waals surface area contributed by atoms with Crippen LogP contribution in [0.3, 0.4) is 0 Å². The molecular weight excluding hydrogens is 214 g/mol. The molecule has 4 heteroatoms. The highest BCUT2D eigenvalue weighted by atomic mass is 35.5. The third-order valence-corrected chi connectivity index (χ3v) is 3.05. The van der Waals surface area contributed by atoms with Gasteiger partial charge in [0.15, 0.2) is 5.78 Å². The van der Waals surface area contributed by atoms with E-state index < -0.39 is 5.82 Å². The van der Waals surface area contributed by atoms with Gasteiger partial charge < -0.3 is 0 Å². The van der Waals surface area contributed by atoms with Gasteiger partial charge in [-0.25, -0.2) is 4.39 Å². The van der Waals surface area contributed by atoms with Crippen LogP contribution in [0.2, 0.25) is 10.0 Å². The van der Waals surface area contributed by atoms with Crippen LogP contribution in [-0.2, 0) is 6.42 Å². The first-order chi connectivity index (χ1) is 6.11. The molecule has 1 aliphatic rings. The van der Waals surface area contributed by atoms with E-state index >= 15 is 0 Å².